The van der Waals surface area contributed by atoms with Gasteiger partial charge in [-0.3, -0.25) is 4.79 Å². The van der Waals surface area contributed by atoms with Crippen molar-refractivity contribution in [2.45, 2.75) is 44.8 Å². The summed E-state index contributed by atoms with van der Waals surface area (Å²) in [6.45, 7) is 6.75. The lowest BCUT2D eigenvalue weighted by molar-refractivity contribution is -0.143. The molecule has 3 heterocycles. The zero-order chi connectivity index (χ0) is 20.9. The quantitative estimate of drug-likeness (QED) is 0.684. The number of carbonyl (C=O) groups is 1. The van der Waals surface area contributed by atoms with Gasteiger partial charge in [0.05, 0.1) is 5.69 Å². The van der Waals surface area contributed by atoms with Gasteiger partial charge < -0.3 is 21.1 Å². The van der Waals surface area contributed by atoms with E-state index in [1.54, 1.807) is 18.0 Å². The van der Waals surface area contributed by atoms with E-state index in [-0.39, 0.29) is 17.9 Å². The Hall–Kier alpha value is -2.93. The Morgan fingerprint density at radius 3 is 2.76 bits per heavy atom. The van der Waals surface area contributed by atoms with E-state index in [0.717, 1.165) is 16.5 Å². The molecule has 0 saturated carbocycles. The van der Waals surface area contributed by atoms with E-state index >= 15 is 0 Å². The van der Waals surface area contributed by atoms with Crippen LogP contribution in [0.5, 0.6) is 0 Å². The van der Waals surface area contributed by atoms with Crippen LogP contribution in [-0.2, 0) is 10.4 Å². The van der Waals surface area contributed by atoms with Gasteiger partial charge in [-0.2, -0.15) is 0 Å². The van der Waals surface area contributed by atoms with Gasteiger partial charge in [-0.15, -0.1) is 0 Å². The molecule has 0 aliphatic carbocycles. The number of fused-ring (bicyclic) bond motifs is 1. The maximum Gasteiger partial charge on any atom is 0.258 e. The summed E-state index contributed by atoms with van der Waals surface area (Å²) in [4.78, 5) is 23.6. The summed E-state index contributed by atoms with van der Waals surface area (Å²) >= 11 is 0. The van der Waals surface area contributed by atoms with Crippen LogP contribution < -0.4 is 21.6 Å². The number of nitrogens with two attached hydrogens (primary N) is 1. The lowest BCUT2D eigenvalue weighted by Crippen LogP contribution is -2.48. The van der Waals surface area contributed by atoms with Gasteiger partial charge in [-0.05, 0) is 24.5 Å². The van der Waals surface area contributed by atoms with Crippen LogP contribution in [-0.4, -0.2) is 45.5 Å². The summed E-state index contributed by atoms with van der Waals surface area (Å²) in [5, 5.41) is 15.9. The summed E-state index contributed by atoms with van der Waals surface area (Å²) in [5.74, 6) is 0.971. The normalized spacial score (nSPS) is 23.8. The van der Waals surface area contributed by atoms with Gasteiger partial charge in [0.25, 0.3) is 5.91 Å². The minimum atomic E-state index is -1.50. The van der Waals surface area contributed by atoms with Crippen molar-refractivity contribution >= 4 is 17.8 Å². The summed E-state index contributed by atoms with van der Waals surface area (Å²) in [6, 6.07) is 7.41. The Bertz CT molecular complexity index is 1110. The third-order valence-corrected chi connectivity index (χ3v) is 5.68. The van der Waals surface area contributed by atoms with Crippen LogP contribution in [0.15, 0.2) is 24.3 Å². The van der Waals surface area contributed by atoms with Crippen LogP contribution in [0.3, 0.4) is 0 Å². The molecular weight excluding hydrogens is 366 g/mol. The molecule has 1 fully saturated rings. The zero-order valence-corrected chi connectivity index (χ0v) is 17.2. The van der Waals surface area contributed by atoms with Gasteiger partial charge in [-0.25, -0.2) is 9.97 Å². The third kappa shape index (κ3) is 3.15. The van der Waals surface area contributed by atoms with E-state index in [1.807, 2.05) is 25.1 Å². The molecule has 2 aromatic rings. The van der Waals surface area contributed by atoms with Crippen molar-refractivity contribution in [2.24, 2.45) is 5.73 Å². The van der Waals surface area contributed by atoms with Crippen LogP contribution >= 0.6 is 0 Å². The van der Waals surface area contributed by atoms with E-state index in [4.69, 9.17) is 15.7 Å². The molecule has 7 heteroatoms. The van der Waals surface area contributed by atoms with Crippen molar-refractivity contribution in [3.63, 3.8) is 0 Å². The summed E-state index contributed by atoms with van der Waals surface area (Å²) < 4.78 is 0. The second kappa shape index (κ2) is 6.84. The molecule has 7 nitrogen and oxygen atoms in total. The third-order valence-electron chi connectivity index (χ3n) is 5.68. The highest BCUT2D eigenvalue weighted by Gasteiger charge is 2.45. The minimum Gasteiger partial charge on any atom is -0.384 e. The molecule has 0 spiro atoms. The largest absolute Gasteiger partial charge is 0.384 e. The smallest absolute Gasteiger partial charge is 0.258 e. The monoisotopic (exact) mass is 393 g/mol. The number of nitrogens with one attached hydrogen (secondary N) is 1. The molecule has 1 amide bonds. The molecule has 152 valence electrons. The van der Waals surface area contributed by atoms with Gasteiger partial charge in [-0.1, -0.05) is 38.1 Å². The molecule has 1 saturated heterocycles. The average molecular weight is 393 g/mol. The summed E-state index contributed by atoms with van der Waals surface area (Å²) in [6.07, 6.45) is 2.46. The van der Waals surface area contributed by atoms with Gasteiger partial charge in [0.2, 0.25) is 0 Å². The lowest BCUT2D eigenvalue weighted by Gasteiger charge is -2.22. The van der Waals surface area contributed by atoms with Crippen LogP contribution in [0, 0.1) is 0 Å². The molecule has 0 radical (unpaired) electrons. The first kappa shape index (κ1) is 19.4. The van der Waals surface area contributed by atoms with E-state index in [2.05, 4.69) is 25.2 Å². The summed E-state index contributed by atoms with van der Waals surface area (Å²) in [5.41, 5.74) is 6.98. The molecule has 0 bridgehead atoms. The number of hydrogen-bond donors (Lipinski definition) is 3. The molecule has 1 aromatic carbocycles. The Morgan fingerprint density at radius 2 is 2.10 bits per heavy atom. The number of carbonyl (C=O) groups excluding carboxylic acids is 1. The number of amides is 1. The summed E-state index contributed by atoms with van der Waals surface area (Å²) in [7, 11) is 1.70. The minimum absolute atomic E-state index is 0.109. The van der Waals surface area contributed by atoms with Gasteiger partial charge in [0.15, 0.2) is 11.4 Å². The second-order valence-electron chi connectivity index (χ2n) is 8.28. The van der Waals surface area contributed by atoms with Crippen LogP contribution in [0.2, 0.25) is 0 Å². The predicted octanol–water partition coefficient (Wildman–Crippen LogP) is 0.113. The Balaban J connectivity index is 1.89. The lowest BCUT2D eigenvalue weighted by atomic mass is 9.91. The van der Waals surface area contributed by atoms with Crippen LogP contribution in [0.25, 0.3) is 23.3 Å². The fraction of sp³-hybridized carbons (Fsp3) is 0.409. The maximum atomic E-state index is 12.5. The molecule has 1 aromatic heterocycles. The SMILES string of the molecule is CC1C=c2c(C(C)C)nc(-c3cccc([C@@]4(O)CCN(C)C4=O)c3)nc2=C(N)N1. The fourth-order valence-electron chi connectivity index (χ4n) is 4.07. The van der Waals surface area contributed by atoms with Gasteiger partial charge >= 0.3 is 0 Å². The van der Waals surface area contributed by atoms with Crippen LogP contribution in [0.1, 0.15) is 44.4 Å². The van der Waals surface area contributed by atoms with Crippen molar-refractivity contribution in [3.05, 3.63) is 46.1 Å². The first-order valence-electron chi connectivity index (χ1n) is 9.95. The highest BCUT2D eigenvalue weighted by atomic mass is 16.3. The van der Waals surface area contributed by atoms with Crippen molar-refractivity contribution in [3.8, 4) is 11.4 Å². The Morgan fingerprint density at radius 1 is 1.34 bits per heavy atom. The predicted molar refractivity (Wildman–Crippen MR) is 112 cm³/mol. The van der Waals surface area contributed by atoms with Gasteiger partial charge in [0.1, 0.15) is 11.2 Å². The maximum absolute atomic E-state index is 12.5. The average Bonchev–Trinajstić information content (AvgIpc) is 2.96. The highest BCUT2D eigenvalue weighted by Crippen LogP contribution is 2.34. The highest BCUT2D eigenvalue weighted by molar-refractivity contribution is 5.88. The van der Waals surface area contributed by atoms with Crippen LogP contribution in [0.4, 0.5) is 0 Å². The first-order chi connectivity index (χ1) is 13.7. The number of hydrogen-bond acceptors (Lipinski definition) is 6. The van der Waals surface area contributed by atoms with Crippen molar-refractivity contribution in [2.75, 3.05) is 13.6 Å². The molecular formula is C22H27N5O2. The topological polar surface area (TPSA) is 104 Å². The molecule has 2 aliphatic heterocycles. The van der Waals surface area contributed by atoms with Gasteiger partial charge in [0, 0.05) is 36.8 Å². The van der Waals surface area contributed by atoms with E-state index in [0.29, 0.717) is 35.5 Å². The number of aromatic nitrogens is 2. The number of rotatable bonds is 3. The van der Waals surface area contributed by atoms with E-state index in [9.17, 15) is 9.90 Å². The number of likely N-dealkylation sites (N-methyl/N-ethyl adjacent to an activating group) is 1. The number of benzene rings is 1. The van der Waals surface area contributed by atoms with Crippen molar-refractivity contribution < 1.29 is 9.90 Å². The molecule has 4 rings (SSSR count). The molecule has 4 N–H and O–H groups in total. The number of aliphatic hydroxyl groups is 1. The molecule has 2 aliphatic rings. The zero-order valence-electron chi connectivity index (χ0n) is 17.2. The number of nitrogens with zero attached hydrogens (tertiary/aromatic N) is 3. The Kier molecular flexibility index (Phi) is 4.58. The number of likely N-dealkylation sites (tertiary alicyclic amines) is 1. The molecule has 2 atom stereocenters. The van der Waals surface area contributed by atoms with E-state index < -0.39 is 5.60 Å². The van der Waals surface area contributed by atoms with E-state index in [1.165, 1.54) is 0 Å². The first-order valence-corrected chi connectivity index (χ1v) is 9.95. The standard InChI is InChI=1S/C22H27N5O2/c1-12(2)17-16-10-13(3)24-19(23)18(16)26-20(25-17)14-6-5-7-15(11-14)22(29)8-9-27(4)21(22)28/h5-7,10-13,24,29H,8-9,23H2,1-4H3/t13?,22-/m0/s1. The van der Waals surface area contributed by atoms with Crippen molar-refractivity contribution in [1.82, 2.24) is 20.2 Å². The van der Waals surface area contributed by atoms with Crippen molar-refractivity contribution in [1.29, 1.82) is 0 Å². The fourth-order valence-corrected chi connectivity index (χ4v) is 4.07. The Labute approximate surface area is 170 Å². The molecule has 1 unspecified atom stereocenters. The second-order valence-corrected chi connectivity index (χ2v) is 8.28. The molecule has 29 heavy (non-hydrogen) atoms.